The molecule has 0 saturated heterocycles. The van der Waals surface area contributed by atoms with E-state index in [-0.39, 0.29) is 5.91 Å². The summed E-state index contributed by atoms with van der Waals surface area (Å²) in [6.07, 6.45) is 0. The Morgan fingerprint density at radius 2 is 0.931 bits per heavy atom. The van der Waals surface area contributed by atoms with E-state index in [4.69, 9.17) is 0 Å². The first-order valence-corrected chi connectivity index (χ1v) is 9.82. The Morgan fingerprint density at radius 1 is 0.517 bits per heavy atom. The lowest BCUT2D eigenvalue weighted by Crippen LogP contribution is -2.30. The first-order chi connectivity index (χ1) is 14.3. The molecule has 0 bridgehead atoms. The number of hydrogen-bond donors (Lipinski definition) is 0. The summed E-state index contributed by atoms with van der Waals surface area (Å²) in [6, 6.07) is 38.4. The van der Waals surface area contributed by atoms with Gasteiger partial charge < -0.3 is 4.90 Å². The van der Waals surface area contributed by atoms with Crippen molar-refractivity contribution in [2.75, 3.05) is 0 Å². The Kier molecular flexibility index (Phi) is 5.82. The summed E-state index contributed by atoms with van der Waals surface area (Å²) >= 11 is 0. The third kappa shape index (κ3) is 4.80. The van der Waals surface area contributed by atoms with E-state index < -0.39 is 0 Å². The second-order valence-electron chi connectivity index (χ2n) is 7.08. The van der Waals surface area contributed by atoms with Gasteiger partial charge in [-0.05, 0) is 34.4 Å². The molecule has 0 aromatic heterocycles. The van der Waals surface area contributed by atoms with Crippen LogP contribution in [0.25, 0.3) is 11.1 Å². The van der Waals surface area contributed by atoms with Crippen molar-refractivity contribution in [2.24, 2.45) is 0 Å². The number of amides is 1. The zero-order valence-electron chi connectivity index (χ0n) is 16.2. The molecular formula is C27H23NO. The average molecular weight is 377 g/mol. The maximum absolute atomic E-state index is 13.3. The number of benzene rings is 4. The molecule has 0 N–H and O–H groups in total. The summed E-state index contributed by atoms with van der Waals surface area (Å²) in [5.41, 5.74) is 5.21. The van der Waals surface area contributed by atoms with Crippen molar-refractivity contribution in [2.45, 2.75) is 13.1 Å². The SMILES string of the molecule is O=C(c1ccc(-c2ccccc2)cc1)N(Cc1ccccc1)Cc1ccccc1. The van der Waals surface area contributed by atoms with Gasteiger partial charge in [-0.2, -0.15) is 0 Å². The van der Waals surface area contributed by atoms with Crippen LogP contribution >= 0.6 is 0 Å². The van der Waals surface area contributed by atoms with Crippen LogP contribution in [-0.2, 0) is 13.1 Å². The Hall–Kier alpha value is -3.65. The zero-order valence-corrected chi connectivity index (χ0v) is 16.2. The van der Waals surface area contributed by atoms with E-state index in [0.29, 0.717) is 18.7 Å². The van der Waals surface area contributed by atoms with Gasteiger partial charge in [-0.3, -0.25) is 4.79 Å². The highest BCUT2D eigenvalue weighted by Crippen LogP contribution is 2.21. The number of carbonyl (C=O) groups excluding carboxylic acids is 1. The topological polar surface area (TPSA) is 20.3 Å². The van der Waals surface area contributed by atoms with Crippen molar-refractivity contribution < 1.29 is 4.79 Å². The Balaban J connectivity index is 1.58. The molecule has 142 valence electrons. The predicted molar refractivity (Wildman–Crippen MR) is 118 cm³/mol. The minimum absolute atomic E-state index is 0.0392. The van der Waals surface area contributed by atoms with Crippen LogP contribution in [0, 0.1) is 0 Å². The van der Waals surface area contributed by atoms with Gasteiger partial charge in [0.1, 0.15) is 0 Å². The monoisotopic (exact) mass is 377 g/mol. The van der Waals surface area contributed by atoms with Crippen LogP contribution in [0.1, 0.15) is 21.5 Å². The lowest BCUT2D eigenvalue weighted by molar-refractivity contribution is 0.0730. The van der Waals surface area contributed by atoms with Gasteiger partial charge >= 0.3 is 0 Å². The van der Waals surface area contributed by atoms with Gasteiger partial charge in [-0.25, -0.2) is 0 Å². The Morgan fingerprint density at radius 3 is 1.41 bits per heavy atom. The second kappa shape index (κ2) is 9.03. The van der Waals surface area contributed by atoms with E-state index >= 15 is 0 Å². The molecule has 4 aromatic rings. The molecule has 2 heteroatoms. The first-order valence-electron chi connectivity index (χ1n) is 9.82. The van der Waals surface area contributed by atoms with Gasteiger partial charge in [0, 0.05) is 18.7 Å². The lowest BCUT2D eigenvalue weighted by atomic mass is 10.0. The third-order valence-corrected chi connectivity index (χ3v) is 4.96. The first kappa shape index (κ1) is 18.7. The molecule has 29 heavy (non-hydrogen) atoms. The van der Waals surface area contributed by atoms with Crippen LogP contribution in [0.15, 0.2) is 115 Å². The van der Waals surface area contributed by atoms with Gasteiger partial charge in [-0.15, -0.1) is 0 Å². The van der Waals surface area contributed by atoms with E-state index in [0.717, 1.165) is 22.3 Å². The van der Waals surface area contributed by atoms with E-state index in [1.807, 2.05) is 83.8 Å². The van der Waals surface area contributed by atoms with Crippen molar-refractivity contribution >= 4 is 5.91 Å². The fraction of sp³-hybridized carbons (Fsp3) is 0.0741. The number of hydrogen-bond acceptors (Lipinski definition) is 1. The van der Waals surface area contributed by atoms with Gasteiger partial charge in [0.05, 0.1) is 0 Å². The highest BCUT2D eigenvalue weighted by Gasteiger charge is 2.17. The molecule has 0 spiro atoms. The third-order valence-electron chi connectivity index (χ3n) is 4.96. The Bertz CT molecular complexity index is 1000. The van der Waals surface area contributed by atoms with Crippen LogP contribution in [0.2, 0.25) is 0 Å². The summed E-state index contributed by atoms with van der Waals surface area (Å²) in [4.78, 5) is 15.2. The molecule has 4 rings (SSSR count). The molecule has 0 saturated carbocycles. The van der Waals surface area contributed by atoms with Crippen LogP contribution < -0.4 is 0 Å². The second-order valence-corrected chi connectivity index (χ2v) is 7.08. The maximum Gasteiger partial charge on any atom is 0.254 e. The fourth-order valence-corrected chi connectivity index (χ4v) is 3.43. The average Bonchev–Trinajstić information content (AvgIpc) is 2.80. The predicted octanol–water partition coefficient (Wildman–Crippen LogP) is 6.20. The fourth-order valence-electron chi connectivity index (χ4n) is 3.43. The Labute approximate surface area is 172 Å². The van der Waals surface area contributed by atoms with Crippen molar-refractivity contribution in [3.05, 3.63) is 132 Å². The minimum atomic E-state index is 0.0392. The molecule has 2 nitrogen and oxygen atoms in total. The van der Waals surface area contributed by atoms with Crippen LogP contribution in [0.5, 0.6) is 0 Å². The number of rotatable bonds is 6. The summed E-state index contributed by atoms with van der Waals surface area (Å²) in [5, 5.41) is 0. The normalized spacial score (nSPS) is 10.5. The van der Waals surface area contributed by atoms with Gasteiger partial charge in [-0.1, -0.05) is 103 Å². The number of carbonyl (C=O) groups is 1. The molecule has 0 heterocycles. The standard InChI is InChI=1S/C27H23NO/c29-27(26-18-16-25(17-19-26)24-14-8-3-9-15-24)28(20-22-10-4-1-5-11-22)21-23-12-6-2-7-13-23/h1-19H,20-21H2. The molecule has 0 unspecified atom stereocenters. The van der Waals surface area contributed by atoms with Gasteiger partial charge in [0.2, 0.25) is 0 Å². The van der Waals surface area contributed by atoms with E-state index in [1.54, 1.807) is 0 Å². The molecule has 1 amide bonds. The molecule has 0 atom stereocenters. The summed E-state index contributed by atoms with van der Waals surface area (Å²) in [6.45, 7) is 1.16. The van der Waals surface area contributed by atoms with E-state index in [9.17, 15) is 4.79 Å². The summed E-state index contributed by atoms with van der Waals surface area (Å²) < 4.78 is 0. The molecule has 0 radical (unpaired) electrons. The summed E-state index contributed by atoms with van der Waals surface area (Å²) in [5.74, 6) is 0.0392. The number of nitrogens with zero attached hydrogens (tertiary/aromatic N) is 1. The maximum atomic E-state index is 13.3. The van der Waals surface area contributed by atoms with Crippen molar-refractivity contribution in [3.8, 4) is 11.1 Å². The molecule has 0 fully saturated rings. The van der Waals surface area contributed by atoms with E-state index in [2.05, 4.69) is 36.4 Å². The van der Waals surface area contributed by atoms with Gasteiger partial charge in [0.25, 0.3) is 5.91 Å². The molecule has 4 aromatic carbocycles. The quantitative estimate of drug-likeness (QED) is 0.392. The van der Waals surface area contributed by atoms with Crippen molar-refractivity contribution in [1.29, 1.82) is 0 Å². The van der Waals surface area contributed by atoms with Crippen molar-refractivity contribution in [1.82, 2.24) is 4.90 Å². The highest BCUT2D eigenvalue weighted by molar-refractivity contribution is 5.94. The largest absolute Gasteiger partial charge is 0.330 e. The zero-order chi connectivity index (χ0) is 19.9. The van der Waals surface area contributed by atoms with Crippen molar-refractivity contribution in [3.63, 3.8) is 0 Å². The molecule has 0 aliphatic carbocycles. The van der Waals surface area contributed by atoms with Crippen LogP contribution in [0.3, 0.4) is 0 Å². The molecular weight excluding hydrogens is 354 g/mol. The van der Waals surface area contributed by atoms with Gasteiger partial charge in [0.15, 0.2) is 0 Å². The highest BCUT2D eigenvalue weighted by atomic mass is 16.2. The lowest BCUT2D eigenvalue weighted by Gasteiger charge is -2.23. The smallest absolute Gasteiger partial charge is 0.254 e. The van der Waals surface area contributed by atoms with Crippen LogP contribution in [0.4, 0.5) is 0 Å². The van der Waals surface area contributed by atoms with Crippen LogP contribution in [-0.4, -0.2) is 10.8 Å². The summed E-state index contributed by atoms with van der Waals surface area (Å²) in [7, 11) is 0. The minimum Gasteiger partial charge on any atom is -0.330 e. The molecule has 0 aliphatic rings. The van der Waals surface area contributed by atoms with E-state index in [1.165, 1.54) is 0 Å². The molecule has 0 aliphatic heterocycles.